The zero-order chi connectivity index (χ0) is 13.5. The van der Waals surface area contributed by atoms with Crippen molar-refractivity contribution < 1.29 is 14.6 Å². The summed E-state index contributed by atoms with van der Waals surface area (Å²) in [7, 11) is 1.65. The van der Waals surface area contributed by atoms with Gasteiger partial charge in [-0.15, -0.1) is 0 Å². The topological polar surface area (TPSA) is 38.7 Å². The highest BCUT2D eigenvalue weighted by atomic mass is 16.5. The first-order valence-corrected chi connectivity index (χ1v) is 7.23. The van der Waals surface area contributed by atoms with Gasteiger partial charge in [0.2, 0.25) is 0 Å². The molecule has 0 saturated heterocycles. The predicted molar refractivity (Wildman–Crippen MR) is 73.6 cm³/mol. The van der Waals surface area contributed by atoms with Crippen LogP contribution in [0.2, 0.25) is 0 Å². The Balaban J connectivity index is 1.98. The van der Waals surface area contributed by atoms with Crippen LogP contribution in [0.15, 0.2) is 18.2 Å². The monoisotopic (exact) mass is 262 g/mol. The third-order valence-electron chi connectivity index (χ3n) is 4.82. The molecule has 0 amide bonds. The van der Waals surface area contributed by atoms with Crippen molar-refractivity contribution in [1.29, 1.82) is 0 Å². The number of benzene rings is 1. The first-order chi connectivity index (χ1) is 9.18. The molecule has 1 N–H and O–H groups in total. The fraction of sp³-hybridized carbons (Fsp3) is 0.625. The van der Waals surface area contributed by atoms with Gasteiger partial charge in [0.1, 0.15) is 17.1 Å². The maximum atomic E-state index is 10.4. The van der Waals surface area contributed by atoms with Crippen LogP contribution < -0.4 is 9.47 Å². The van der Waals surface area contributed by atoms with Gasteiger partial charge in [0.15, 0.2) is 0 Å². The SMILES string of the molecule is CCC1CCCC12C[C@@H](O)c1ccc(OC)cc1O2. The Kier molecular flexibility index (Phi) is 3.17. The number of fused-ring (bicyclic) bond motifs is 1. The zero-order valence-corrected chi connectivity index (χ0v) is 11.7. The molecule has 0 bridgehead atoms. The van der Waals surface area contributed by atoms with Crippen LogP contribution in [0.1, 0.15) is 50.7 Å². The van der Waals surface area contributed by atoms with Crippen molar-refractivity contribution >= 4 is 0 Å². The van der Waals surface area contributed by atoms with E-state index in [4.69, 9.17) is 9.47 Å². The lowest BCUT2D eigenvalue weighted by Crippen LogP contribution is -2.44. The van der Waals surface area contributed by atoms with E-state index >= 15 is 0 Å². The van der Waals surface area contributed by atoms with Crippen LogP contribution in [0, 0.1) is 5.92 Å². The molecule has 19 heavy (non-hydrogen) atoms. The highest BCUT2D eigenvalue weighted by Gasteiger charge is 2.48. The lowest BCUT2D eigenvalue weighted by atomic mass is 9.80. The summed E-state index contributed by atoms with van der Waals surface area (Å²) in [5, 5.41) is 10.4. The number of rotatable bonds is 2. The van der Waals surface area contributed by atoms with Crippen molar-refractivity contribution in [3.63, 3.8) is 0 Å². The van der Waals surface area contributed by atoms with Crippen LogP contribution in [0.25, 0.3) is 0 Å². The van der Waals surface area contributed by atoms with Gasteiger partial charge in [-0.25, -0.2) is 0 Å². The van der Waals surface area contributed by atoms with Crippen LogP contribution in [0.4, 0.5) is 0 Å². The smallest absolute Gasteiger partial charge is 0.129 e. The normalized spacial score (nSPS) is 33.0. The van der Waals surface area contributed by atoms with Gasteiger partial charge in [-0.1, -0.05) is 6.92 Å². The summed E-state index contributed by atoms with van der Waals surface area (Å²) in [5.41, 5.74) is 0.737. The van der Waals surface area contributed by atoms with E-state index < -0.39 is 6.10 Å². The molecule has 2 aliphatic rings. The maximum absolute atomic E-state index is 10.4. The molecular formula is C16H22O3. The molecule has 3 atom stereocenters. The second kappa shape index (κ2) is 4.71. The molecule has 1 fully saturated rings. The molecule has 1 spiro atoms. The van der Waals surface area contributed by atoms with Crippen LogP contribution in [0.3, 0.4) is 0 Å². The molecule has 2 unspecified atom stereocenters. The number of aliphatic hydroxyl groups is 1. The van der Waals surface area contributed by atoms with E-state index in [1.54, 1.807) is 7.11 Å². The first kappa shape index (κ1) is 12.8. The number of hydrogen-bond acceptors (Lipinski definition) is 3. The van der Waals surface area contributed by atoms with Gasteiger partial charge in [-0.3, -0.25) is 0 Å². The molecule has 3 nitrogen and oxygen atoms in total. The minimum absolute atomic E-state index is 0.159. The second-order valence-electron chi connectivity index (χ2n) is 5.79. The lowest BCUT2D eigenvalue weighted by molar-refractivity contribution is -0.0412. The third-order valence-corrected chi connectivity index (χ3v) is 4.82. The number of methoxy groups -OCH3 is 1. The van der Waals surface area contributed by atoms with Gasteiger partial charge < -0.3 is 14.6 Å². The minimum Gasteiger partial charge on any atom is -0.497 e. The fourth-order valence-corrected chi connectivity index (χ4v) is 3.80. The Morgan fingerprint density at radius 2 is 2.32 bits per heavy atom. The van der Waals surface area contributed by atoms with Crippen molar-refractivity contribution in [2.24, 2.45) is 5.92 Å². The summed E-state index contributed by atoms with van der Waals surface area (Å²) in [6.45, 7) is 2.22. The van der Waals surface area contributed by atoms with Gasteiger partial charge >= 0.3 is 0 Å². The molecule has 0 aromatic heterocycles. The van der Waals surface area contributed by atoms with Gasteiger partial charge in [0.25, 0.3) is 0 Å². The standard InChI is InChI=1S/C16H22O3/c1-3-11-5-4-8-16(11)10-14(17)13-7-6-12(18-2)9-15(13)19-16/h6-7,9,11,14,17H,3-5,8,10H2,1-2H3/t11?,14-,16?/m1/s1. The Bertz CT molecular complexity index is 471. The second-order valence-corrected chi connectivity index (χ2v) is 5.79. The molecule has 1 saturated carbocycles. The molecule has 0 radical (unpaired) electrons. The molecule has 3 heteroatoms. The summed E-state index contributed by atoms with van der Waals surface area (Å²) in [6.07, 6.45) is 4.89. The van der Waals surface area contributed by atoms with Crippen molar-refractivity contribution in [2.45, 2.75) is 50.7 Å². The van der Waals surface area contributed by atoms with E-state index in [1.165, 1.54) is 12.8 Å². The van der Waals surface area contributed by atoms with Crippen molar-refractivity contribution in [2.75, 3.05) is 7.11 Å². The summed E-state index contributed by atoms with van der Waals surface area (Å²) >= 11 is 0. The van der Waals surface area contributed by atoms with Crippen molar-refractivity contribution in [3.05, 3.63) is 23.8 Å². The molecule has 1 aromatic carbocycles. The number of aliphatic hydroxyl groups excluding tert-OH is 1. The van der Waals surface area contributed by atoms with Crippen molar-refractivity contribution in [3.8, 4) is 11.5 Å². The minimum atomic E-state index is -0.415. The Hall–Kier alpha value is -1.22. The van der Waals surface area contributed by atoms with Crippen molar-refractivity contribution in [1.82, 2.24) is 0 Å². The van der Waals surface area contributed by atoms with Crippen LogP contribution in [-0.4, -0.2) is 17.8 Å². The summed E-state index contributed by atoms with van der Waals surface area (Å²) in [4.78, 5) is 0. The van der Waals surface area contributed by atoms with E-state index in [1.807, 2.05) is 18.2 Å². The first-order valence-electron chi connectivity index (χ1n) is 7.23. The van der Waals surface area contributed by atoms with E-state index in [2.05, 4.69) is 6.92 Å². The van der Waals surface area contributed by atoms with Gasteiger partial charge in [-0.05, 0) is 43.7 Å². The average Bonchev–Trinajstić information content (AvgIpc) is 2.79. The molecule has 1 heterocycles. The fourth-order valence-electron chi connectivity index (χ4n) is 3.80. The predicted octanol–water partition coefficient (Wildman–Crippen LogP) is 3.46. The van der Waals surface area contributed by atoms with E-state index in [-0.39, 0.29) is 5.60 Å². The third kappa shape index (κ3) is 2.00. The van der Waals surface area contributed by atoms with E-state index in [0.29, 0.717) is 5.92 Å². The lowest BCUT2D eigenvalue weighted by Gasteiger charge is -2.42. The summed E-state index contributed by atoms with van der Waals surface area (Å²) in [5.74, 6) is 2.15. The molecule has 1 aromatic rings. The molecule has 1 aliphatic carbocycles. The molecular weight excluding hydrogens is 240 g/mol. The Morgan fingerprint density at radius 3 is 3.05 bits per heavy atom. The number of ether oxygens (including phenoxy) is 2. The van der Waals surface area contributed by atoms with Gasteiger partial charge in [-0.2, -0.15) is 0 Å². The Morgan fingerprint density at radius 1 is 1.47 bits per heavy atom. The van der Waals surface area contributed by atoms with E-state index in [0.717, 1.165) is 36.3 Å². The van der Waals surface area contributed by atoms with E-state index in [9.17, 15) is 5.11 Å². The molecule has 3 rings (SSSR count). The van der Waals surface area contributed by atoms with Crippen LogP contribution in [0.5, 0.6) is 11.5 Å². The highest BCUT2D eigenvalue weighted by molar-refractivity contribution is 5.44. The van der Waals surface area contributed by atoms with Crippen LogP contribution in [-0.2, 0) is 0 Å². The van der Waals surface area contributed by atoms with Gasteiger partial charge in [0.05, 0.1) is 13.2 Å². The zero-order valence-electron chi connectivity index (χ0n) is 11.7. The molecule has 104 valence electrons. The average molecular weight is 262 g/mol. The largest absolute Gasteiger partial charge is 0.497 e. The summed E-state index contributed by atoms with van der Waals surface area (Å²) < 4.78 is 11.6. The summed E-state index contributed by atoms with van der Waals surface area (Å²) in [6, 6.07) is 5.71. The number of hydrogen-bond donors (Lipinski definition) is 1. The highest BCUT2D eigenvalue weighted by Crippen LogP contribution is 2.51. The quantitative estimate of drug-likeness (QED) is 0.887. The van der Waals surface area contributed by atoms with Gasteiger partial charge in [0, 0.05) is 18.1 Å². The van der Waals surface area contributed by atoms with Crippen LogP contribution >= 0.6 is 0 Å². The maximum Gasteiger partial charge on any atom is 0.129 e. The Labute approximate surface area is 114 Å². The molecule has 1 aliphatic heterocycles.